The number of hydrogen-bond donors (Lipinski definition) is 0. The topological polar surface area (TPSA) is 0 Å². The largest absolute Gasteiger partial charge is 0.282 e. The van der Waals surface area contributed by atoms with E-state index in [-0.39, 0.29) is 12.0 Å². The summed E-state index contributed by atoms with van der Waals surface area (Å²) in [5, 5.41) is 0. The van der Waals surface area contributed by atoms with Crippen molar-refractivity contribution in [2.24, 2.45) is 17.8 Å². The van der Waals surface area contributed by atoms with Crippen LogP contribution in [0.3, 0.4) is 0 Å². The molecule has 1 aromatic rings. The van der Waals surface area contributed by atoms with E-state index in [9.17, 15) is 13.2 Å². The zero-order valence-corrected chi connectivity index (χ0v) is 17.6. The summed E-state index contributed by atoms with van der Waals surface area (Å²) < 4.78 is 41.9. The molecule has 0 heterocycles. The standard InChI is InChI=1S/C25H37F3/c1-3-17-25(27,28)24(26)23-15-13-22(14-16-23)21-11-9-20(10-12-21)19-7-5-18(4-2)6-8-19/h13-16,18-21,24H,3-12,17H2,1-2H3/t18-,19-,20?,21?,24?. The predicted molar refractivity (Wildman–Crippen MR) is 111 cm³/mol. The molecule has 2 fully saturated rings. The van der Waals surface area contributed by atoms with E-state index in [0.29, 0.717) is 5.92 Å². The van der Waals surface area contributed by atoms with E-state index in [1.807, 2.05) is 12.1 Å². The molecule has 0 saturated heterocycles. The van der Waals surface area contributed by atoms with E-state index >= 15 is 0 Å². The van der Waals surface area contributed by atoms with Gasteiger partial charge in [-0.2, -0.15) is 0 Å². The van der Waals surface area contributed by atoms with Gasteiger partial charge in [0, 0.05) is 6.42 Å². The SMILES string of the molecule is CCCC(F)(F)C(F)c1ccc(C2CCC([C@H]3CC[C@H](CC)CC3)CC2)cc1. The van der Waals surface area contributed by atoms with E-state index in [2.05, 4.69) is 6.92 Å². The Hall–Kier alpha value is -0.990. The smallest absolute Gasteiger partial charge is 0.236 e. The van der Waals surface area contributed by atoms with E-state index in [0.717, 1.165) is 17.8 Å². The fraction of sp³-hybridized carbons (Fsp3) is 0.760. The minimum atomic E-state index is -3.27. The van der Waals surface area contributed by atoms with Gasteiger partial charge in [-0.3, -0.25) is 0 Å². The van der Waals surface area contributed by atoms with Gasteiger partial charge < -0.3 is 0 Å². The van der Waals surface area contributed by atoms with Crippen LogP contribution in [0, 0.1) is 17.8 Å². The Kier molecular flexibility index (Phi) is 7.50. The molecule has 158 valence electrons. The summed E-state index contributed by atoms with van der Waals surface area (Å²) in [5.74, 6) is -0.0254. The quantitative estimate of drug-likeness (QED) is 0.434. The lowest BCUT2D eigenvalue weighted by Crippen LogP contribution is -2.25. The molecule has 2 aliphatic rings. The molecule has 2 saturated carbocycles. The molecular weight excluding hydrogens is 357 g/mol. The summed E-state index contributed by atoms with van der Waals surface area (Å²) in [6.07, 6.45) is 9.60. The van der Waals surface area contributed by atoms with Crippen LogP contribution in [-0.2, 0) is 0 Å². The van der Waals surface area contributed by atoms with Crippen molar-refractivity contribution in [3.05, 3.63) is 35.4 Å². The molecule has 0 nitrogen and oxygen atoms in total. The van der Waals surface area contributed by atoms with Crippen molar-refractivity contribution in [3.63, 3.8) is 0 Å². The monoisotopic (exact) mass is 394 g/mol. The van der Waals surface area contributed by atoms with Crippen molar-refractivity contribution in [2.75, 3.05) is 0 Å². The van der Waals surface area contributed by atoms with Gasteiger partial charge in [0.15, 0.2) is 6.17 Å². The molecular formula is C25H37F3. The Balaban J connectivity index is 1.52. The summed E-state index contributed by atoms with van der Waals surface area (Å²) in [7, 11) is 0. The summed E-state index contributed by atoms with van der Waals surface area (Å²) in [6, 6.07) is 6.95. The molecule has 1 unspecified atom stereocenters. The number of benzene rings is 1. The molecule has 28 heavy (non-hydrogen) atoms. The van der Waals surface area contributed by atoms with E-state index in [1.165, 1.54) is 63.4 Å². The first kappa shape index (κ1) is 21.7. The van der Waals surface area contributed by atoms with Gasteiger partial charge in [-0.15, -0.1) is 0 Å². The molecule has 1 atom stereocenters. The van der Waals surface area contributed by atoms with Crippen LogP contribution in [0.2, 0.25) is 0 Å². The Labute approximate surface area is 169 Å². The van der Waals surface area contributed by atoms with Crippen LogP contribution in [0.4, 0.5) is 13.2 Å². The molecule has 0 aliphatic heterocycles. The summed E-state index contributed by atoms with van der Waals surface area (Å²) in [6.45, 7) is 3.98. The average Bonchev–Trinajstić information content (AvgIpc) is 2.73. The molecule has 0 radical (unpaired) electrons. The van der Waals surface area contributed by atoms with Gasteiger partial charge in [0.1, 0.15) is 0 Å². The van der Waals surface area contributed by atoms with E-state index < -0.39 is 18.5 Å². The van der Waals surface area contributed by atoms with Crippen LogP contribution in [0.5, 0.6) is 0 Å². The van der Waals surface area contributed by atoms with Gasteiger partial charge in [0.05, 0.1) is 0 Å². The summed E-state index contributed by atoms with van der Waals surface area (Å²) in [4.78, 5) is 0. The molecule has 3 heteroatoms. The van der Waals surface area contributed by atoms with Gasteiger partial charge in [0.2, 0.25) is 0 Å². The Bertz CT molecular complexity index is 578. The summed E-state index contributed by atoms with van der Waals surface area (Å²) >= 11 is 0. The van der Waals surface area contributed by atoms with Crippen molar-refractivity contribution < 1.29 is 13.2 Å². The molecule has 0 N–H and O–H groups in total. The van der Waals surface area contributed by atoms with Crippen molar-refractivity contribution in [3.8, 4) is 0 Å². The van der Waals surface area contributed by atoms with Crippen molar-refractivity contribution in [1.29, 1.82) is 0 Å². The van der Waals surface area contributed by atoms with Gasteiger partial charge in [-0.1, -0.05) is 63.8 Å². The van der Waals surface area contributed by atoms with Gasteiger partial charge in [-0.25, -0.2) is 13.2 Å². The van der Waals surface area contributed by atoms with Gasteiger partial charge >= 0.3 is 0 Å². The fourth-order valence-electron chi connectivity index (χ4n) is 5.63. The molecule has 0 amide bonds. The maximum atomic E-state index is 14.2. The second kappa shape index (κ2) is 9.67. The van der Waals surface area contributed by atoms with Gasteiger partial charge in [0.25, 0.3) is 5.92 Å². The first-order valence-electron chi connectivity index (χ1n) is 11.6. The zero-order chi connectivity index (χ0) is 20.1. The highest BCUT2D eigenvalue weighted by Gasteiger charge is 2.40. The molecule has 0 aromatic heterocycles. The fourth-order valence-corrected chi connectivity index (χ4v) is 5.63. The normalized spacial score (nSPS) is 30.2. The van der Waals surface area contributed by atoms with Gasteiger partial charge in [-0.05, 0) is 73.3 Å². The van der Waals surface area contributed by atoms with Crippen LogP contribution in [0.15, 0.2) is 24.3 Å². The minimum absolute atomic E-state index is 0.114. The molecule has 2 aliphatic carbocycles. The van der Waals surface area contributed by atoms with Crippen molar-refractivity contribution >= 4 is 0 Å². The number of hydrogen-bond acceptors (Lipinski definition) is 0. The van der Waals surface area contributed by atoms with Crippen LogP contribution in [-0.4, -0.2) is 5.92 Å². The zero-order valence-electron chi connectivity index (χ0n) is 17.6. The first-order valence-corrected chi connectivity index (χ1v) is 11.6. The predicted octanol–water partition coefficient (Wildman–Crippen LogP) is 8.62. The Morgan fingerprint density at radius 3 is 1.89 bits per heavy atom. The lowest BCUT2D eigenvalue weighted by molar-refractivity contribution is -0.0807. The number of alkyl halides is 3. The number of rotatable bonds is 7. The highest BCUT2D eigenvalue weighted by Crippen LogP contribution is 2.45. The van der Waals surface area contributed by atoms with Crippen molar-refractivity contribution in [2.45, 2.75) is 102 Å². The highest BCUT2D eigenvalue weighted by molar-refractivity contribution is 5.28. The summed E-state index contributed by atoms with van der Waals surface area (Å²) in [5.41, 5.74) is 1.31. The second-order valence-corrected chi connectivity index (χ2v) is 9.34. The van der Waals surface area contributed by atoms with Crippen LogP contribution >= 0.6 is 0 Å². The molecule has 1 aromatic carbocycles. The Morgan fingerprint density at radius 1 is 0.857 bits per heavy atom. The maximum Gasteiger partial charge on any atom is 0.282 e. The van der Waals surface area contributed by atoms with Crippen LogP contribution < -0.4 is 0 Å². The third-order valence-electron chi connectivity index (χ3n) is 7.56. The first-order chi connectivity index (χ1) is 13.4. The van der Waals surface area contributed by atoms with Crippen LogP contribution in [0.25, 0.3) is 0 Å². The average molecular weight is 395 g/mol. The third kappa shape index (κ3) is 5.13. The van der Waals surface area contributed by atoms with E-state index in [4.69, 9.17) is 0 Å². The maximum absolute atomic E-state index is 14.2. The van der Waals surface area contributed by atoms with Crippen molar-refractivity contribution in [1.82, 2.24) is 0 Å². The minimum Gasteiger partial charge on any atom is -0.236 e. The Morgan fingerprint density at radius 2 is 1.39 bits per heavy atom. The second-order valence-electron chi connectivity index (χ2n) is 9.34. The highest BCUT2D eigenvalue weighted by atomic mass is 19.3. The van der Waals surface area contributed by atoms with E-state index in [1.54, 1.807) is 19.1 Å². The molecule has 0 bridgehead atoms. The third-order valence-corrected chi connectivity index (χ3v) is 7.56. The van der Waals surface area contributed by atoms with Crippen LogP contribution in [0.1, 0.15) is 108 Å². The molecule has 0 spiro atoms. The lowest BCUT2D eigenvalue weighted by Gasteiger charge is -2.38. The molecule has 3 rings (SSSR count). The number of halogens is 3. The lowest BCUT2D eigenvalue weighted by atomic mass is 9.68.